The number of imidazole rings is 1. The van der Waals surface area contributed by atoms with Crippen LogP contribution < -0.4 is 0 Å². The predicted octanol–water partition coefficient (Wildman–Crippen LogP) is 6.00. The van der Waals surface area contributed by atoms with Gasteiger partial charge in [0, 0.05) is 21.7 Å². The van der Waals surface area contributed by atoms with Crippen LogP contribution in [0.25, 0.3) is 27.5 Å². The normalized spacial score (nSPS) is 14.4. The standard InChI is InChI=1S/C22H20N2S/c1-4-10-16(11-5-1)20-21(17-12-6-2-7-13-17)24-18-14-8-3-9-15-19(18)25-22(24)23-20/h1-2,4-7,10-13H,3,8-9,14-15H2. The number of thiazole rings is 1. The van der Waals surface area contributed by atoms with Gasteiger partial charge < -0.3 is 0 Å². The van der Waals surface area contributed by atoms with Gasteiger partial charge in [-0.3, -0.25) is 4.40 Å². The molecule has 0 unspecified atom stereocenters. The highest BCUT2D eigenvalue weighted by Crippen LogP contribution is 2.39. The van der Waals surface area contributed by atoms with Gasteiger partial charge in [0.05, 0.1) is 11.4 Å². The fraction of sp³-hybridized carbons (Fsp3) is 0.227. The van der Waals surface area contributed by atoms with Crippen LogP contribution in [0.4, 0.5) is 0 Å². The van der Waals surface area contributed by atoms with Crippen LogP contribution in [0.15, 0.2) is 60.7 Å². The Morgan fingerprint density at radius 2 is 1.44 bits per heavy atom. The average molecular weight is 344 g/mol. The summed E-state index contributed by atoms with van der Waals surface area (Å²) in [5, 5.41) is 0. The van der Waals surface area contributed by atoms with Crippen molar-refractivity contribution in [2.24, 2.45) is 0 Å². The van der Waals surface area contributed by atoms with E-state index in [4.69, 9.17) is 4.98 Å². The van der Waals surface area contributed by atoms with Gasteiger partial charge in [0.25, 0.3) is 0 Å². The van der Waals surface area contributed by atoms with Gasteiger partial charge in [-0.1, -0.05) is 67.1 Å². The molecule has 5 rings (SSSR count). The van der Waals surface area contributed by atoms with E-state index in [9.17, 15) is 0 Å². The molecule has 0 N–H and O–H groups in total. The molecule has 1 aliphatic carbocycles. The third-order valence-corrected chi connectivity index (χ3v) is 6.21. The SMILES string of the molecule is c1ccc(-c2nc3sc4c(n3c2-c2ccccc2)CCCCC4)cc1. The highest BCUT2D eigenvalue weighted by Gasteiger charge is 2.23. The minimum atomic E-state index is 1.10. The van der Waals surface area contributed by atoms with E-state index >= 15 is 0 Å². The van der Waals surface area contributed by atoms with Crippen molar-refractivity contribution in [1.29, 1.82) is 0 Å². The smallest absolute Gasteiger partial charge is 0.195 e. The van der Waals surface area contributed by atoms with Crippen LogP contribution in [0, 0.1) is 0 Å². The summed E-state index contributed by atoms with van der Waals surface area (Å²) >= 11 is 1.89. The van der Waals surface area contributed by atoms with Crippen LogP contribution >= 0.6 is 11.3 Å². The van der Waals surface area contributed by atoms with Crippen LogP contribution in [-0.4, -0.2) is 9.38 Å². The van der Waals surface area contributed by atoms with Gasteiger partial charge >= 0.3 is 0 Å². The lowest BCUT2D eigenvalue weighted by molar-refractivity contribution is 0.707. The highest BCUT2D eigenvalue weighted by atomic mass is 32.1. The van der Waals surface area contributed by atoms with E-state index < -0.39 is 0 Å². The molecule has 0 amide bonds. The molecule has 0 radical (unpaired) electrons. The van der Waals surface area contributed by atoms with E-state index in [1.165, 1.54) is 59.5 Å². The van der Waals surface area contributed by atoms with Crippen molar-refractivity contribution in [3.8, 4) is 22.5 Å². The van der Waals surface area contributed by atoms with Crippen molar-refractivity contribution < 1.29 is 0 Å². The first kappa shape index (κ1) is 14.9. The van der Waals surface area contributed by atoms with Gasteiger partial charge in [-0.25, -0.2) is 4.98 Å². The number of nitrogens with zero attached hydrogens (tertiary/aromatic N) is 2. The summed E-state index contributed by atoms with van der Waals surface area (Å²) in [5.74, 6) is 0. The van der Waals surface area contributed by atoms with E-state index in [0.717, 1.165) is 10.7 Å². The molecule has 0 bridgehead atoms. The Kier molecular flexibility index (Phi) is 3.67. The van der Waals surface area contributed by atoms with Crippen LogP contribution in [0.3, 0.4) is 0 Å². The number of hydrogen-bond acceptors (Lipinski definition) is 2. The van der Waals surface area contributed by atoms with Crippen LogP contribution in [0.5, 0.6) is 0 Å². The zero-order chi connectivity index (χ0) is 16.6. The number of rotatable bonds is 2. The second kappa shape index (κ2) is 6.16. The van der Waals surface area contributed by atoms with Gasteiger partial charge in [-0.05, 0) is 25.7 Å². The Labute approximate surface area is 151 Å². The molecule has 2 nitrogen and oxygen atoms in total. The zero-order valence-corrected chi connectivity index (χ0v) is 14.9. The summed E-state index contributed by atoms with van der Waals surface area (Å²) < 4.78 is 2.45. The van der Waals surface area contributed by atoms with Crippen molar-refractivity contribution in [2.45, 2.75) is 32.1 Å². The number of aromatic nitrogens is 2. The molecule has 2 heterocycles. The number of aryl methyl sites for hydroxylation is 2. The van der Waals surface area contributed by atoms with E-state index in [0.29, 0.717) is 0 Å². The fourth-order valence-electron chi connectivity index (χ4n) is 3.87. The fourth-order valence-corrected chi connectivity index (χ4v) is 5.08. The molecule has 3 heteroatoms. The first-order chi connectivity index (χ1) is 12.4. The van der Waals surface area contributed by atoms with Crippen LogP contribution in [-0.2, 0) is 12.8 Å². The second-order valence-electron chi connectivity index (χ2n) is 6.69. The first-order valence-electron chi connectivity index (χ1n) is 9.05. The number of fused-ring (bicyclic) bond motifs is 3. The van der Waals surface area contributed by atoms with Gasteiger partial charge in [0.2, 0.25) is 0 Å². The van der Waals surface area contributed by atoms with E-state index in [2.05, 4.69) is 65.1 Å². The molecule has 0 spiro atoms. The van der Waals surface area contributed by atoms with Crippen molar-refractivity contribution in [2.75, 3.05) is 0 Å². The Morgan fingerprint density at radius 1 is 0.760 bits per heavy atom. The van der Waals surface area contributed by atoms with Crippen molar-refractivity contribution in [1.82, 2.24) is 9.38 Å². The van der Waals surface area contributed by atoms with E-state index in [1.807, 2.05) is 11.3 Å². The molecule has 4 aromatic rings. The molecular weight excluding hydrogens is 324 g/mol. The topological polar surface area (TPSA) is 17.3 Å². The van der Waals surface area contributed by atoms with E-state index in [1.54, 1.807) is 0 Å². The molecule has 0 atom stereocenters. The van der Waals surface area contributed by atoms with Gasteiger partial charge in [-0.2, -0.15) is 0 Å². The monoisotopic (exact) mass is 344 g/mol. The van der Waals surface area contributed by atoms with Gasteiger partial charge in [0.1, 0.15) is 0 Å². The minimum absolute atomic E-state index is 1.10. The van der Waals surface area contributed by atoms with Crippen LogP contribution in [0.1, 0.15) is 29.8 Å². The Balaban J connectivity index is 1.83. The maximum atomic E-state index is 5.08. The molecule has 2 aromatic carbocycles. The zero-order valence-electron chi connectivity index (χ0n) is 14.1. The average Bonchev–Trinajstić information content (AvgIpc) is 3.10. The minimum Gasteiger partial charge on any atom is -0.286 e. The Hall–Kier alpha value is -2.39. The number of benzene rings is 2. The summed E-state index contributed by atoms with van der Waals surface area (Å²) in [6.45, 7) is 0. The molecule has 0 saturated heterocycles. The lowest BCUT2D eigenvalue weighted by atomic mass is 10.0. The van der Waals surface area contributed by atoms with Gasteiger partial charge in [0.15, 0.2) is 4.96 Å². The molecule has 2 aromatic heterocycles. The third-order valence-electron chi connectivity index (χ3n) is 5.06. The predicted molar refractivity (Wildman–Crippen MR) is 105 cm³/mol. The van der Waals surface area contributed by atoms with E-state index in [-0.39, 0.29) is 0 Å². The summed E-state index contributed by atoms with van der Waals surface area (Å²) in [5.41, 5.74) is 6.29. The lowest BCUT2D eigenvalue weighted by Crippen LogP contribution is -1.96. The van der Waals surface area contributed by atoms with Crippen LogP contribution in [0.2, 0.25) is 0 Å². The second-order valence-corrected chi connectivity index (χ2v) is 7.75. The van der Waals surface area contributed by atoms with Gasteiger partial charge in [-0.15, -0.1) is 11.3 Å². The summed E-state index contributed by atoms with van der Waals surface area (Å²) in [4.78, 5) is 7.76. The molecule has 0 fully saturated rings. The number of hydrogen-bond donors (Lipinski definition) is 0. The van der Waals surface area contributed by atoms with Crippen molar-refractivity contribution >= 4 is 16.3 Å². The molecule has 0 saturated carbocycles. The Bertz CT molecular complexity index is 1010. The summed E-state index contributed by atoms with van der Waals surface area (Å²) in [6.07, 6.45) is 6.30. The lowest BCUT2D eigenvalue weighted by Gasteiger charge is -2.08. The maximum Gasteiger partial charge on any atom is 0.195 e. The van der Waals surface area contributed by atoms with Crippen molar-refractivity contribution in [3.63, 3.8) is 0 Å². The molecule has 0 aliphatic heterocycles. The van der Waals surface area contributed by atoms with Crippen molar-refractivity contribution in [3.05, 3.63) is 71.2 Å². The maximum absolute atomic E-state index is 5.08. The highest BCUT2D eigenvalue weighted by molar-refractivity contribution is 7.17. The molecule has 124 valence electrons. The Morgan fingerprint density at radius 3 is 2.20 bits per heavy atom. The summed E-state index contributed by atoms with van der Waals surface area (Å²) in [7, 11) is 0. The summed E-state index contributed by atoms with van der Waals surface area (Å²) in [6, 6.07) is 21.3. The molecule has 1 aliphatic rings. The molecule has 25 heavy (non-hydrogen) atoms. The largest absolute Gasteiger partial charge is 0.286 e. The first-order valence-corrected chi connectivity index (χ1v) is 9.87. The molecular formula is C22H20N2S. The quantitative estimate of drug-likeness (QED) is 0.408. The third kappa shape index (κ3) is 2.50.